The average Bonchev–Trinajstić information content (AvgIpc) is 3.10. The van der Waals surface area contributed by atoms with E-state index in [1.807, 2.05) is 4.57 Å². The Balaban J connectivity index is 1.55. The minimum atomic E-state index is 0.292. The maximum Gasteiger partial charge on any atom is 0.320 e. The van der Waals surface area contributed by atoms with Gasteiger partial charge < -0.3 is 25.3 Å². The van der Waals surface area contributed by atoms with Crippen LogP contribution < -0.4 is 20.5 Å². The second kappa shape index (κ2) is 11.2. The molecule has 1 atom stereocenters. The van der Waals surface area contributed by atoms with Crippen molar-refractivity contribution in [2.24, 2.45) is 5.92 Å². The predicted octanol–water partition coefficient (Wildman–Crippen LogP) is 2.39. The summed E-state index contributed by atoms with van der Waals surface area (Å²) in [5, 5.41) is 3.53. The van der Waals surface area contributed by atoms with E-state index in [0.717, 1.165) is 52.1 Å². The predicted molar refractivity (Wildman–Crippen MR) is 112 cm³/mol. The number of hydrogen-bond acceptors (Lipinski definition) is 8. The van der Waals surface area contributed by atoms with Crippen LogP contribution in [0.1, 0.15) is 45.4 Å². The number of anilines is 1. The topological polar surface area (TPSA) is 109 Å². The molecule has 0 aromatic carbocycles. The number of nitrogens with zero attached hydrogens (tertiary/aromatic N) is 4. The van der Waals surface area contributed by atoms with E-state index >= 15 is 0 Å². The lowest BCUT2D eigenvalue weighted by Gasteiger charge is -2.21. The van der Waals surface area contributed by atoms with Gasteiger partial charge in [-0.1, -0.05) is 13.3 Å². The number of nitrogens with two attached hydrogens (primary N) is 1. The van der Waals surface area contributed by atoms with Gasteiger partial charge in [0.15, 0.2) is 17.0 Å². The maximum absolute atomic E-state index is 6.08. The number of methoxy groups -OCH3 is 1. The number of nitrogens with one attached hydrogen (secondary N) is 1. The van der Waals surface area contributed by atoms with Gasteiger partial charge >= 0.3 is 6.01 Å². The monoisotopic (exact) mass is 406 g/mol. The van der Waals surface area contributed by atoms with Crippen molar-refractivity contribution in [1.29, 1.82) is 0 Å². The second-order valence-electron chi connectivity index (χ2n) is 7.49. The standard InChI is InChI=1S/C20H34N6O3/c1-3-4-13-29-19-24-17(21)16-18(25-19)26(20(23-16)27-2)11-6-9-22-10-8-15-7-5-12-28-14-15/h15,22H,3-14H2,1-2H3,(H2,21,24,25). The molecule has 29 heavy (non-hydrogen) atoms. The van der Waals surface area contributed by atoms with Crippen molar-refractivity contribution >= 4 is 17.0 Å². The molecule has 1 aliphatic rings. The molecule has 1 aliphatic heterocycles. The lowest BCUT2D eigenvalue weighted by molar-refractivity contribution is 0.0518. The summed E-state index contributed by atoms with van der Waals surface area (Å²) in [6.07, 6.45) is 6.56. The van der Waals surface area contributed by atoms with E-state index < -0.39 is 0 Å². The van der Waals surface area contributed by atoms with Crippen LogP contribution >= 0.6 is 0 Å². The van der Waals surface area contributed by atoms with Crippen molar-refractivity contribution in [1.82, 2.24) is 24.8 Å². The Morgan fingerprint density at radius 2 is 2.14 bits per heavy atom. The Kier molecular flexibility index (Phi) is 8.30. The van der Waals surface area contributed by atoms with Crippen molar-refractivity contribution in [3.8, 4) is 12.0 Å². The van der Waals surface area contributed by atoms with Gasteiger partial charge in [0.25, 0.3) is 6.01 Å². The molecular formula is C20H34N6O3. The zero-order valence-electron chi connectivity index (χ0n) is 17.7. The highest BCUT2D eigenvalue weighted by atomic mass is 16.5. The molecule has 0 radical (unpaired) electrons. The SMILES string of the molecule is CCCCOc1nc(N)c2nc(OC)n(CCCNCCC3CCCOC3)c2n1. The maximum atomic E-state index is 6.08. The quantitative estimate of drug-likeness (QED) is 0.517. The zero-order valence-corrected chi connectivity index (χ0v) is 17.7. The van der Waals surface area contributed by atoms with E-state index in [2.05, 4.69) is 27.2 Å². The third kappa shape index (κ3) is 5.93. The lowest BCUT2D eigenvalue weighted by Crippen LogP contribution is -2.24. The van der Waals surface area contributed by atoms with Crippen molar-refractivity contribution in [2.45, 2.75) is 52.0 Å². The molecule has 1 saturated heterocycles. The summed E-state index contributed by atoms with van der Waals surface area (Å²) in [7, 11) is 1.60. The van der Waals surface area contributed by atoms with Gasteiger partial charge in [0.1, 0.15) is 0 Å². The first-order valence-corrected chi connectivity index (χ1v) is 10.7. The van der Waals surface area contributed by atoms with Gasteiger partial charge in [-0.15, -0.1) is 0 Å². The molecule has 9 heteroatoms. The first-order valence-electron chi connectivity index (χ1n) is 10.7. The first kappa shape index (κ1) is 21.6. The normalized spacial score (nSPS) is 17.0. The van der Waals surface area contributed by atoms with E-state index in [1.165, 1.54) is 19.3 Å². The van der Waals surface area contributed by atoms with E-state index in [4.69, 9.17) is 19.9 Å². The number of hydrogen-bond donors (Lipinski definition) is 2. The van der Waals surface area contributed by atoms with E-state index in [-0.39, 0.29) is 0 Å². The molecular weight excluding hydrogens is 372 g/mol. The zero-order chi connectivity index (χ0) is 20.5. The van der Waals surface area contributed by atoms with Gasteiger partial charge in [0.2, 0.25) is 0 Å². The van der Waals surface area contributed by atoms with Crippen LogP contribution in [0.4, 0.5) is 5.82 Å². The number of ether oxygens (including phenoxy) is 3. The Hall–Kier alpha value is -2.13. The number of fused-ring (bicyclic) bond motifs is 1. The fourth-order valence-corrected chi connectivity index (χ4v) is 3.54. The Labute approximate surface area is 172 Å². The molecule has 2 aromatic heterocycles. The highest BCUT2D eigenvalue weighted by molar-refractivity contribution is 5.83. The third-order valence-electron chi connectivity index (χ3n) is 5.20. The van der Waals surface area contributed by atoms with Crippen LogP contribution in [0, 0.1) is 5.92 Å². The van der Waals surface area contributed by atoms with Crippen LogP contribution in [0.25, 0.3) is 11.2 Å². The molecule has 162 valence electrons. The van der Waals surface area contributed by atoms with Gasteiger partial charge in [-0.05, 0) is 51.1 Å². The van der Waals surface area contributed by atoms with Crippen LogP contribution in [0.2, 0.25) is 0 Å². The van der Waals surface area contributed by atoms with Crippen LogP contribution in [0.15, 0.2) is 0 Å². The van der Waals surface area contributed by atoms with Crippen LogP contribution in [0.3, 0.4) is 0 Å². The number of nitrogen functional groups attached to an aromatic ring is 1. The van der Waals surface area contributed by atoms with Gasteiger partial charge in [-0.3, -0.25) is 4.57 Å². The third-order valence-corrected chi connectivity index (χ3v) is 5.20. The first-order chi connectivity index (χ1) is 14.2. The van der Waals surface area contributed by atoms with Crippen LogP contribution in [-0.4, -0.2) is 59.5 Å². The highest BCUT2D eigenvalue weighted by Gasteiger charge is 2.18. The molecule has 0 amide bonds. The van der Waals surface area contributed by atoms with E-state index in [1.54, 1.807) is 7.11 Å². The van der Waals surface area contributed by atoms with Crippen molar-refractivity contribution in [3.63, 3.8) is 0 Å². The number of aryl methyl sites for hydroxylation is 1. The van der Waals surface area contributed by atoms with Gasteiger partial charge in [-0.25, -0.2) is 0 Å². The summed E-state index contributed by atoms with van der Waals surface area (Å²) < 4.78 is 18.6. The molecule has 3 rings (SSSR count). The largest absolute Gasteiger partial charge is 0.468 e. The summed E-state index contributed by atoms with van der Waals surface area (Å²) in [5.41, 5.74) is 7.28. The fraction of sp³-hybridized carbons (Fsp3) is 0.750. The number of imidazole rings is 1. The lowest BCUT2D eigenvalue weighted by atomic mass is 9.99. The minimum absolute atomic E-state index is 0.292. The second-order valence-corrected chi connectivity index (χ2v) is 7.49. The fourth-order valence-electron chi connectivity index (χ4n) is 3.54. The molecule has 0 saturated carbocycles. The Morgan fingerprint density at radius 1 is 1.24 bits per heavy atom. The number of rotatable bonds is 12. The molecule has 1 unspecified atom stereocenters. The van der Waals surface area contributed by atoms with Gasteiger partial charge in [-0.2, -0.15) is 15.0 Å². The van der Waals surface area contributed by atoms with Crippen molar-refractivity contribution in [3.05, 3.63) is 0 Å². The van der Waals surface area contributed by atoms with Crippen molar-refractivity contribution < 1.29 is 14.2 Å². The summed E-state index contributed by atoms with van der Waals surface area (Å²) in [4.78, 5) is 13.2. The van der Waals surface area contributed by atoms with Gasteiger partial charge in [0.05, 0.1) is 13.7 Å². The molecule has 9 nitrogen and oxygen atoms in total. The number of unbranched alkanes of at least 4 members (excludes halogenated alkanes) is 1. The summed E-state index contributed by atoms with van der Waals surface area (Å²) in [6, 6.07) is 0.783. The van der Waals surface area contributed by atoms with E-state index in [9.17, 15) is 0 Å². The smallest absolute Gasteiger partial charge is 0.320 e. The molecule has 3 heterocycles. The molecule has 0 spiro atoms. The van der Waals surface area contributed by atoms with Gasteiger partial charge in [0, 0.05) is 19.8 Å². The summed E-state index contributed by atoms with van der Waals surface area (Å²) in [5.74, 6) is 1.01. The Morgan fingerprint density at radius 3 is 2.90 bits per heavy atom. The average molecular weight is 407 g/mol. The minimum Gasteiger partial charge on any atom is -0.468 e. The molecule has 0 bridgehead atoms. The number of aromatic nitrogens is 4. The molecule has 1 fully saturated rings. The molecule has 2 aromatic rings. The Bertz CT molecular complexity index is 760. The summed E-state index contributed by atoms with van der Waals surface area (Å²) in [6.45, 7) is 7.16. The van der Waals surface area contributed by atoms with Crippen LogP contribution in [-0.2, 0) is 11.3 Å². The molecule has 3 N–H and O–H groups in total. The summed E-state index contributed by atoms with van der Waals surface area (Å²) >= 11 is 0. The van der Waals surface area contributed by atoms with Crippen molar-refractivity contribution in [2.75, 3.05) is 45.8 Å². The van der Waals surface area contributed by atoms with Crippen LogP contribution in [0.5, 0.6) is 12.0 Å². The highest BCUT2D eigenvalue weighted by Crippen LogP contribution is 2.25. The van der Waals surface area contributed by atoms with E-state index in [0.29, 0.717) is 41.5 Å². The molecule has 0 aliphatic carbocycles.